The van der Waals surface area contributed by atoms with Crippen LogP contribution in [0.4, 0.5) is 5.69 Å². The van der Waals surface area contributed by atoms with Crippen molar-refractivity contribution in [3.8, 4) is 0 Å². The predicted octanol–water partition coefficient (Wildman–Crippen LogP) is 2.16. The van der Waals surface area contributed by atoms with E-state index in [2.05, 4.69) is 10.3 Å². The fourth-order valence-corrected chi connectivity index (χ4v) is 4.10. The Hall–Kier alpha value is -1.95. The van der Waals surface area contributed by atoms with Gasteiger partial charge in [-0.3, -0.25) is 9.59 Å². The Labute approximate surface area is 119 Å². The molecule has 20 heavy (non-hydrogen) atoms. The topological polar surface area (TPSA) is 62.3 Å². The molecule has 1 unspecified atom stereocenters. The van der Waals surface area contributed by atoms with E-state index < -0.39 is 0 Å². The first-order chi connectivity index (χ1) is 9.65. The largest absolute Gasteiger partial charge is 0.326 e. The summed E-state index contributed by atoms with van der Waals surface area (Å²) < 4.78 is 0. The minimum absolute atomic E-state index is 0.0403. The molecule has 1 atom stereocenters. The number of nitrogens with zero attached hydrogens (tertiary/aromatic N) is 2. The van der Waals surface area contributed by atoms with Crippen molar-refractivity contribution in [1.82, 2.24) is 9.88 Å². The summed E-state index contributed by atoms with van der Waals surface area (Å²) in [6, 6.07) is 3.52. The molecule has 0 radical (unpaired) electrons. The minimum atomic E-state index is -0.310. The zero-order chi connectivity index (χ0) is 13.9. The third-order valence-corrected chi connectivity index (χ3v) is 5.04. The lowest BCUT2D eigenvalue weighted by molar-refractivity contribution is -0.119. The Morgan fingerprint density at radius 1 is 1.40 bits per heavy atom. The fourth-order valence-electron chi connectivity index (χ4n) is 2.96. The summed E-state index contributed by atoms with van der Waals surface area (Å²) in [5, 5.41) is 3.80. The second-order valence-electron chi connectivity index (χ2n) is 5.26. The zero-order valence-electron chi connectivity index (χ0n) is 11.0. The lowest BCUT2D eigenvalue weighted by atomic mass is 10.2. The number of carbonyl (C=O) groups is 2. The normalized spacial score (nSPS) is 21.6. The van der Waals surface area contributed by atoms with Crippen LogP contribution in [0, 0.1) is 6.92 Å². The van der Waals surface area contributed by atoms with Crippen LogP contribution in [0.1, 0.15) is 28.2 Å². The Morgan fingerprint density at radius 2 is 2.25 bits per heavy atom. The van der Waals surface area contributed by atoms with E-state index in [0.717, 1.165) is 28.8 Å². The van der Waals surface area contributed by atoms with Gasteiger partial charge in [0.2, 0.25) is 5.91 Å². The van der Waals surface area contributed by atoms with Gasteiger partial charge in [-0.25, -0.2) is 4.98 Å². The quantitative estimate of drug-likeness (QED) is 0.807. The molecule has 6 heteroatoms. The van der Waals surface area contributed by atoms with Crippen molar-refractivity contribution in [2.24, 2.45) is 0 Å². The molecule has 2 aromatic heterocycles. The van der Waals surface area contributed by atoms with Crippen molar-refractivity contribution in [2.75, 3.05) is 11.9 Å². The third kappa shape index (κ3) is 1.51. The molecular formula is C14H13N3O2S. The third-order valence-electron chi connectivity index (χ3n) is 3.95. The van der Waals surface area contributed by atoms with Crippen LogP contribution in [-0.4, -0.2) is 34.3 Å². The number of hydrogen-bond acceptors (Lipinski definition) is 4. The van der Waals surface area contributed by atoms with Gasteiger partial charge in [0, 0.05) is 17.6 Å². The average Bonchev–Trinajstić information content (AvgIpc) is 3.00. The summed E-state index contributed by atoms with van der Waals surface area (Å²) >= 11 is 1.37. The summed E-state index contributed by atoms with van der Waals surface area (Å²) in [5.41, 5.74) is 1.55. The number of carbonyl (C=O) groups excluding carboxylic acids is 2. The van der Waals surface area contributed by atoms with Crippen molar-refractivity contribution in [3.63, 3.8) is 0 Å². The van der Waals surface area contributed by atoms with Crippen LogP contribution >= 0.6 is 11.3 Å². The molecule has 5 nitrogen and oxygen atoms in total. The number of fused-ring (bicyclic) bond motifs is 4. The number of nitrogens with one attached hydrogen (secondary N) is 1. The Balaban J connectivity index is 1.95. The molecule has 0 spiro atoms. The van der Waals surface area contributed by atoms with Crippen LogP contribution < -0.4 is 5.32 Å². The van der Waals surface area contributed by atoms with E-state index in [4.69, 9.17) is 0 Å². The lowest BCUT2D eigenvalue weighted by Gasteiger charge is -2.19. The van der Waals surface area contributed by atoms with Gasteiger partial charge in [-0.1, -0.05) is 0 Å². The van der Waals surface area contributed by atoms with Crippen LogP contribution in [-0.2, 0) is 4.79 Å². The minimum Gasteiger partial charge on any atom is -0.326 e. The predicted molar refractivity (Wildman–Crippen MR) is 77.0 cm³/mol. The van der Waals surface area contributed by atoms with E-state index in [-0.39, 0.29) is 17.9 Å². The van der Waals surface area contributed by atoms with Gasteiger partial charge in [0.1, 0.15) is 15.7 Å². The second-order valence-corrected chi connectivity index (χ2v) is 6.26. The molecule has 4 heterocycles. The van der Waals surface area contributed by atoms with E-state index in [9.17, 15) is 9.59 Å². The monoisotopic (exact) mass is 287 g/mol. The lowest BCUT2D eigenvalue weighted by Crippen LogP contribution is -2.40. The van der Waals surface area contributed by atoms with E-state index in [1.165, 1.54) is 11.3 Å². The van der Waals surface area contributed by atoms with Crippen molar-refractivity contribution >= 4 is 39.1 Å². The van der Waals surface area contributed by atoms with Gasteiger partial charge >= 0.3 is 0 Å². The molecule has 1 fully saturated rings. The standard InChI is InChI=1S/C14H13N3O2S/c1-7-4-5-8-10-11(20-13(8)15-7)14(19)17-6-2-3-9(17)12(18)16-10/h4-5,9H,2-3,6H2,1H3,(H,16,18). The molecule has 102 valence electrons. The fraction of sp³-hybridized carbons (Fsp3) is 0.357. The molecule has 2 aromatic rings. The molecule has 1 N–H and O–H groups in total. The highest BCUT2D eigenvalue weighted by Crippen LogP contribution is 2.39. The molecular weight excluding hydrogens is 274 g/mol. The summed E-state index contributed by atoms with van der Waals surface area (Å²) in [4.78, 5) is 32.5. The Morgan fingerprint density at radius 3 is 3.10 bits per heavy atom. The highest BCUT2D eigenvalue weighted by Gasteiger charge is 2.40. The second kappa shape index (κ2) is 4.02. The van der Waals surface area contributed by atoms with E-state index in [0.29, 0.717) is 17.1 Å². The maximum atomic E-state index is 12.6. The van der Waals surface area contributed by atoms with Crippen LogP contribution in [0.5, 0.6) is 0 Å². The number of thiophene rings is 1. The molecule has 0 aromatic carbocycles. The highest BCUT2D eigenvalue weighted by molar-refractivity contribution is 7.21. The molecule has 4 rings (SSSR count). The number of aryl methyl sites for hydroxylation is 1. The van der Waals surface area contributed by atoms with E-state index in [1.54, 1.807) is 4.90 Å². The van der Waals surface area contributed by atoms with Crippen LogP contribution in [0.2, 0.25) is 0 Å². The van der Waals surface area contributed by atoms with Gasteiger partial charge in [-0.05, 0) is 31.9 Å². The first kappa shape index (κ1) is 11.8. The average molecular weight is 287 g/mol. The summed E-state index contributed by atoms with van der Waals surface area (Å²) in [6.45, 7) is 2.58. The Bertz CT molecular complexity index is 752. The van der Waals surface area contributed by atoms with Gasteiger partial charge in [-0.2, -0.15) is 0 Å². The molecule has 1 saturated heterocycles. The van der Waals surface area contributed by atoms with Crippen molar-refractivity contribution < 1.29 is 9.59 Å². The van der Waals surface area contributed by atoms with Crippen LogP contribution in [0.25, 0.3) is 10.2 Å². The number of aromatic nitrogens is 1. The number of rotatable bonds is 0. The van der Waals surface area contributed by atoms with E-state index in [1.807, 2.05) is 19.1 Å². The SMILES string of the molecule is Cc1ccc2c3c(sc2n1)C(=O)N1CCCC1C(=O)N3. The van der Waals surface area contributed by atoms with Crippen molar-refractivity contribution in [1.29, 1.82) is 0 Å². The molecule has 0 aliphatic carbocycles. The molecule has 2 amide bonds. The maximum absolute atomic E-state index is 12.6. The molecule has 0 saturated carbocycles. The maximum Gasteiger partial charge on any atom is 0.266 e. The number of amides is 2. The van der Waals surface area contributed by atoms with Crippen molar-refractivity contribution in [2.45, 2.75) is 25.8 Å². The summed E-state index contributed by atoms with van der Waals surface area (Å²) in [7, 11) is 0. The number of anilines is 1. The number of pyridine rings is 1. The first-order valence-electron chi connectivity index (χ1n) is 6.67. The van der Waals surface area contributed by atoms with Crippen LogP contribution in [0.15, 0.2) is 12.1 Å². The van der Waals surface area contributed by atoms with Crippen molar-refractivity contribution in [3.05, 3.63) is 22.7 Å². The van der Waals surface area contributed by atoms with Gasteiger partial charge in [-0.15, -0.1) is 11.3 Å². The van der Waals surface area contributed by atoms with Gasteiger partial charge in [0.05, 0.1) is 5.69 Å². The smallest absolute Gasteiger partial charge is 0.266 e. The molecule has 0 bridgehead atoms. The highest BCUT2D eigenvalue weighted by atomic mass is 32.1. The van der Waals surface area contributed by atoms with Crippen LogP contribution in [0.3, 0.4) is 0 Å². The summed E-state index contributed by atoms with van der Waals surface area (Å²) in [5.74, 6) is -0.114. The van der Waals surface area contributed by atoms with Gasteiger partial charge in [0.15, 0.2) is 0 Å². The summed E-state index contributed by atoms with van der Waals surface area (Å²) in [6.07, 6.45) is 1.64. The van der Waals surface area contributed by atoms with Gasteiger partial charge < -0.3 is 10.2 Å². The number of hydrogen-bond donors (Lipinski definition) is 1. The first-order valence-corrected chi connectivity index (χ1v) is 7.49. The molecule has 2 aliphatic heterocycles. The van der Waals surface area contributed by atoms with Gasteiger partial charge in [0.25, 0.3) is 5.91 Å². The molecule has 2 aliphatic rings. The zero-order valence-corrected chi connectivity index (χ0v) is 11.8. The Kier molecular flexibility index (Phi) is 2.38. The van der Waals surface area contributed by atoms with E-state index >= 15 is 0 Å².